The molecule has 0 fully saturated rings. The van der Waals surface area contributed by atoms with E-state index in [1.54, 1.807) is 59.3 Å². The number of benzene rings is 3. The standard InChI is InChI=1S/C23H19BrN2O3S/c1-16-9-11-19(12-10-16)30(28,29)22-14-26(21-8-3-2-7-20(21)22)15-23(27)25-18-6-4-5-17(24)13-18/h2-14H,15H2,1H3,(H,25,27). The summed E-state index contributed by atoms with van der Waals surface area (Å²) in [6, 6.07) is 21.3. The summed E-state index contributed by atoms with van der Waals surface area (Å²) in [4.78, 5) is 13.0. The van der Waals surface area contributed by atoms with Crippen LogP contribution in [0.5, 0.6) is 0 Å². The minimum atomic E-state index is -3.72. The predicted molar refractivity (Wildman–Crippen MR) is 121 cm³/mol. The molecule has 0 atom stereocenters. The number of aryl methyl sites for hydroxylation is 1. The molecule has 4 rings (SSSR count). The lowest BCUT2D eigenvalue weighted by molar-refractivity contribution is -0.116. The van der Waals surface area contributed by atoms with Crippen LogP contribution in [0.4, 0.5) is 5.69 Å². The van der Waals surface area contributed by atoms with Crippen molar-refractivity contribution in [2.45, 2.75) is 23.3 Å². The van der Waals surface area contributed by atoms with E-state index in [0.717, 1.165) is 10.0 Å². The van der Waals surface area contributed by atoms with E-state index in [-0.39, 0.29) is 22.2 Å². The van der Waals surface area contributed by atoms with Gasteiger partial charge in [-0.3, -0.25) is 4.79 Å². The molecule has 0 aliphatic rings. The van der Waals surface area contributed by atoms with E-state index >= 15 is 0 Å². The van der Waals surface area contributed by atoms with E-state index in [1.165, 1.54) is 0 Å². The van der Waals surface area contributed by atoms with Crippen LogP contribution in [0.2, 0.25) is 0 Å². The van der Waals surface area contributed by atoms with Gasteiger partial charge in [-0.15, -0.1) is 0 Å². The highest BCUT2D eigenvalue weighted by atomic mass is 79.9. The van der Waals surface area contributed by atoms with Gasteiger partial charge < -0.3 is 9.88 Å². The van der Waals surface area contributed by atoms with Crippen LogP contribution in [0.15, 0.2) is 93.3 Å². The van der Waals surface area contributed by atoms with Crippen LogP contribution in [0, 0.1) is 6.92 Å². The normalized spacial score (nSPS) is 11.5. The first-order valence-electron chi connectivity index (χ1n) is 9.30. The summed E-state index contributed by atoms with van der Waals surface area (Å²) in [5.41, 5.74) is 2.34. The maximum atomic E-state index is 13.3. The monoisotopic (exact) mass is 482 g/mol. The molecule has 1 aromatic heterocycles. The highest BCUT2D eigenvalue weighted by Crippen LogP contribution is 2.30. The Labute approximate surface area is 183 Å². The second-order valence-electron chi connectivity index (χ2n) is 7.01. The SMILES string of the molecule is Cc1ccc(S(=O)(=O)c2cn(CC(=O)Nc3cccc(Br)c3)c3ccccc23)cc1. The van der Waals surface area contributed by atoms with Crippen LogP contribution in [-0.2, 0) is 21.2 Å². The van der Waals surface area contributed by atoms with Gasteiger partial charge in [0.15, 0.2) is 0 Å². The van der Waals surface area contributed by atoms with Crippen molar-refractivity contribution < 1.29 is 13.2 Å². The van der Waals surface area contributed by atoms with Crippen molar-refractivity contribution in [2.75, 3.05) is 5.32 Å². The van der Waals surface area contributed by atoms with Crippen LogP contribution in [-0.4, -0.2) is 18.9 Å². The number of amides is 1. The average molecular weight is 483 g/mol. The molecule has 0 saturated carbocycles. The molecular weight excluding hydrogens is 464 g/mol. The number of nitrogens with one attached hydrogen (secondary N) is 1. The first kappa shape index (κ1) is 20.4. The van der Waals surface area contributed by atoms with Gasteiger partial charge in [0.25, 0.3) is 0 Å². The Balaban J connectivity index is 1.70. The Hall–Kier alpha value is -2.90. The Kier molecular flexibility index (Phi) is 5.49. The van der Waals surface area contributed by atoms with E-state index in [0.29, 0.717) is 16.6 Å². The van der Waals surface area contributed by atoms with Crippen LogP contribution in [0.1, 0.15) is 5.56 Å². The summed E-state index contributed by atoms with van der Waals surface area (Å²) in [5.74, 6) is -0.242. The summed E-state index contributed by atoms with van der Waals surface area (Å²) < 4.78 is 29.1. The van der Waals surface area contributed by atoms with Gasteiger partial charge in [-0.25, -0.2) is 8.42 Å². The first-order valence-corrected chi connectivity index (χ1v) is 11.6. The van der Waals surface area contributed by atoms with E-state index in [9.17, 15) is 13.2 Å². The van der Waals surface area contributed by atoms with Crippen LogP contribution in [0.3, 0.4) is 0 Å². The fourth-order valence-electron chi connectivity index (χ4n) is 3.32. The Morgan fingerprint density at radius 1 is 1.00 bits per heavy atom. The predicted octanol–water partition coefficient (Wildman–Crippen LogP) is 5.18. The van der Waals surface area contributed by atoms with Gasteiger partial charge >= 0.3 is 0 Å². The number of aromatic nitrogens is 1. The molecule has 0 aliphatic heterocycles. The molecule has 1 N–H and O–H groups in total. The molecule has 0 radical (unpaired) electrons. The molecule has 30 heavy (non-hydrogen) atoms. The molecular formula is C23H19BrN2O3S. The summed E-state index contributed by atoms with van der Waals surface area (Å²) in [7, 11) is -3.72. The van der Waals surface area contributed by atoms with E-state index in [2.05, 4.69) is 21.2 Å². The number of sulfone groups is 1. The molecule has 1 amide bonds. The molecule has 7 heteroatoms. The van der Waals surface area contributed by atoms with E-state index in [4.69, 9.17) is 0 Å². The zero-order chi connectivity index (χ0) is 21.3. The van der Waals surface area contributed by atoms with Crippen molar-refractivity contribution in [3.8, 4) is 0 Å². The molecule has 3 aromatic carbocycles. The third-order valence-electron chi connectivity index (χ3n) is 4.80. The molecule has 5 nitrogen and oxygen atoms in total. The second-order valence-corrected chi connectivity index (χ2v) is 9.85. The minimum absolute atomic E-state index is 0.00353. The molecule has 0 aliphatic carbocycles. The number of anilines is 1. The number of nitrogens with zero attached hydrogens (tertiary/aromatic N) is 1. The van der Waals surface area contributed by atoms with Gasteiger partial charge in [0.05, 0.1) is 9.79 Å². The van der Waals surface area contributed by atoms with Crippen molar-refractivity contribution in [3.63, 3.8) is 0 Å². The van der Waals surface area contributed by atoms with Gasteiger partial charge in [0.1, 0.15) is 6.54 Å². The van der Waals surface area contributed by atoms with Crippen molar-refractivity contribution in [1.82, 2.24) is 4.57 Å². The number of hydrogen-bond acceptors (Lipinski definition) is 3. The Bertz CT molecular complexity index is 1340. The molecule has 0 saturated heterocycles. The van der Waals surface area contributed by atoms with Crippen LogP contribution < -0.4 is 5.32 Å². The van der Waals surface area contributed by atoms with Crippen molar-refractivity contribution >= 4 is 48.3 Å². The summed E-state index contributed by atoms with van der Waals surface area (Å²) in [5, 5.41) is 3.43. The largest absolute Gasteiger partial charge is 0.337 e. The fourth-order valence-corrected chi connectivity index (χ4v) is 5.20. The molecule has 0 spiro atoms. The zero-order valence-corrected chi connectivity index (χ0v) is 18.6. The smallest absolute Gasteiger partial charge is 0.244 e. The molecule has 0 bridgehead atoms. The third-order valence-corrected chi connectivity index (χ3v) is 7.09. The fraction of sp³-hybridized carbons (Fsp3) is 0.0870. The number of halogens is 1. The first-order chi connectivity index (χ1) is 14.3. The van der Waals surface area contributed by atoms with E-state index < -0.39 is 9.84 Å². The van der Waals surface area contributed by atoms with Gasteiger partial charge in [-0.1, -0.05) is 57.9 Å². The van der Waals surface area contributed by atoms with Crippen molar-refractivity contribution in [1.29, 1.82) is 0 Å². The van der Waals surface area contributed by atoms with Gasteiger partial charge in [-0.05, 0) is 43.3 Å². The highest BCUT2D eigenvalue weighted by Gasteiger charge is 2.23. The number of rotatable bonds is 5. The lowest BCUT2D eigenvalue weighted by atomic mass is 10.2. The summed E-state index contributed by atoms with van der Waals surface area (Å²) in [6.45, 7) is 1.91. The third kappa shape index (κ3) is 4.04. The molecule has 152 valence electrons. The van der Waals surface area contributed by atoms with Gasteiger partial charge in [0, 0.05) is 27.3 Å². The molecule has 1 heterocycles. The summed E-state index contributed by atoms with van der Waals surface area (Å²) >= 11 is 3.38. The lowest BCUT2D eigenvalue weighted by Crippen LogP contribution is -2.18. The number of carbonyl (C=O) groups excluding carboxylic acids is 1. The maximum absolute atomic E-state index is 13.3. The number of carbonyl (C=O) groups is 1. The topological polar surface area (TPSA) is 68.2 Å². The van der Waals surface area contributed by atoms with E-state index in [1.807, 2.05) is 31.2 Å². The zero-order valence-electron chi connectivity index (χ0n) is 16.2. The average Bonchev–Trinajstić information content (AvgIpc) is 3.07. The van der Waals surface area contributed by atoms with Crippen LogP contribution >= 0.6 is 15.9 Å². The molecule has 4 aromatic rings. The minimum Gasteiger partial charge on any atom is -0.337 e. The number of hydrogen-bond donors (Lipinski definition) is 1. The van der Waals surface area contributed by atoms with Gasteiger partial charge in [-0.2, -0.15) is 0 Å². The van der Waals surface area contributed by atoms with Crippen LogP contribution in [0.25, 0.3) is 10.9 Å². The van der Waals surface area contributed by atoms with Crippen molar-refractivity contribution in [3.05, 3.63) is 89.0 Å². The lowest BCUT2D eigenvalue weighted by Gasteiger charge is -2.07. The quantitative estimate of drug-likeness (QED) is 0.425. The number of para-hydroxylation sites is 1. The second kappa shape index (κ2) is 8.08. The molecule has 0 unspecified atom stereocenters. The van der Waals surface area contributed by atoms with Crippen molar-refractivity contribution in [2.24, 2.45) is 0 Å². The maximum Gasteiger partial charge on any atom is 0.244 e. The van der Waals surface area contributed by atoms with Gasteiger partial charge in [0.2, 0.25) is 15.7 Å². The highest BCUT2D eigenvalue weighted by molar-refractivity contribution is 9.10. The summed E-state index contributed by atoms with van der Waals surface area (Å²) in [6.07, 6.45) is 1.54. The Morgan fingerprint density at radius 3 is 2.47 bits per heavy atom. The Morgan fingerprint density at radius 2 is 1.73 bits per heavy atom. The number of fused-ring (bicyclic) bond motifs is 1.